The minimum absolute atomic E-state index is 0.248. The van der Waals surface area contributed by atoms with Crippen LogP contribution in [0.2, 0.25) is 0 Å². The van der Waals surface area contributed by atoms with Gasteiger partial charge < -0.3 is 0 Å². The molecule has 0 saturated carbocycles. The number of benzene rings is 1. The van der Waals surface area contributed by atoms with Gasteiger partial charge >= 0.3 is 0 Å². The van der Waals surface area contributed by atoms with Gasteiger partial charge in [-0.25, -0.2) is 0 Å². The molecule has 2 heteroatoms. The second-order valence-electron chi connectivity index (χ2n) is 3.49. The Balaban J connectivity index is 2.25. The van der Waals surface area contributed by atoms with Crippen molar-refractivity contribution in [2.75, 3.05) is 0 Å². The van der Waals surface area contributed by atoms with Crippen molar-refractivity contribution in [3.63, 3.8) is 0 Å². The maximum absolute atomic E-state index is 11.1. The van der Waals surface area contributed by atoms with Crippen LogP contribution in [0.4, 0.5) is 0 Å². The highest BCUT2D eigenvalue weighted by atomic mass is 32.1. The number of carbonyl (C=O) groups excluding carboxylic acids is 1. The Kier molecular flexibility index (Phi) is 2.73. The molecule has 1 aliphatic carbocycles. The molecule has 1 nitrogen and oxygen atoms in total. The molecule has 0 aromatic heterocycles. The van der Waals surface area contributed by atoms with Crippen LogP contribution < -0.4 is 0 Å². The summed E-state index contributed by atoms with van der Waals surface area (Å²) >= 11 is 4.20. The summed E-state index contributed by atoms with van der Waals surface area (Å²) in [5.74, 6) is 1.01. The summed E-state index contributed by atoms with van der Waals surface area (Å²) in [6.07, 6.45) is 3.32. The molecule has 2 rings (SSSR count). The van der Waals surface area contributed by atoms with Crippen LogP contribution in [0.25, 0.3) is 5.57 Å². The van der Waals surface area contributed by atoms with E-state index in [0.29, 0.717) is 6.42 Å². The van der Waals surface area contributed by atoms with Gasteiger partial charge in [-0.2, -0.15) is 12.6 Å². The van der Waals surface area contributed by atoms with E-state index in [2.05, 4.69) is 36.9 Å². The molecule has 1 aliphatic rings. The standard InChI is InChI=1S/C12H12OS/c13-12-6-5-11(7-12)10-3-1-9(8-14)2-4-10/h1-4,7,14H,5-6,8H2. The molecule has 0 bridgehead atoms. The smallest absolute Gasteiger partial charge is 0.156 e. The van der Waals surface area contributed by atoms with E-state index in [1.165, 1.54) is 16.7 Å². The van der Waals surface area contributed by atoms with E-state index in [9.17, 15) is 4.79 Å². The highest BCUT2D eigenvalue weighted by Gasteiger charge is 2.12. The van der Waals surface area contributed by atoms with Crippen molar-refractivity contribution in [2.45, 2.75) is 18.6 Å². The van der Waals surface area contributed by atoms with E-state index in [1.54, 1.807) is 6.08 Å². The third kappa shape index (κ3) is 1.90. The van der Waals surface area contributed by atoms with Gasteiger partial charge in [0.1, 0.15) is 0 Å². The first-order valence-electron chi connectivity index (χ1n) is 4.73. The van der Waals surface area contributed by atoms with E-state index in [0.717, 1.165) is 12.2 Å². The SMILES string of the molecule is O=C1C=C(c2ccc(CS)cc2)CC1. The minimum atomic E-state index is 0.248. The van der Waals surface area contributed by atoms with Crippen LogP contribution >= 0.6 is 12.6 Å². The van der Waals surface area contributed by atoms with Crippen molar-refractivity contribution < 1.29 is 4.79 Å². The lowest BCUT2D eigenvalue weighted by Gasteiger charge is -2.02. The molecule has 0 amide bonds. The van der Waals surface area contributed by atoms with Crippen LogP contribution in [0.1, 0.15) is 24.0 Å². The molecule has 0 heterocycles. The predicted molar refractivity (Wildman–Crippen MR) is 61.4 cm³/mol. The molecule has 0 N–H and O–H groups in total. The van der Waals surface area contributed by atoms with Gasteiger partial charge in [0.25, 0.3) is 0 Å². The number of carbonyl (C=O) groups is 1. The third-order valence-corrected chi connectivity index (χ3v) is 2.85. The first-order chi connectivity index (χ1) is 6.79. The van der Waals surface area contributed by atoms with Gasteiger partial charge in [-0.05, 0) is 29.2 Å². The second-order valence-corrected chi connectivity index (χ2v) is 3.81. The van der Waals surface area contributed by atoms with Crippen molar-refractivity contribution in [3.8, 4) is 0 Å². The summed E-state index contributed by atoms with van der Waals surface area (Å²) in [6.45, 7) is 0. The topological polar surface area (TPSA) is 17.1 Å². The van der Waals surface area contributed by atoms with E-state index in [-0.39, 0.29) is 5.78 Å². The van der Waals surface area contributed by atoms with E-state index in [1.807, 2.05) is 0 Å². The van der Waals surface area contributed by atoms with Crippen molar-refractivity contribution in [1.82, 2.24) is 0 Å². The Labute approximate surface area is 89.2 Å². The molecule has 0 fully saturated rings. The molecule has 1 aromatic carbocycles. The van der Waals surface area contributed by atoms with Crippen molar-refractivity contribution in [1.29, 1.82) is 0 Å². The summed E-state index contributed by atoms with van der Waals surface area (Å²) in [4.78, 5) is 11.1. The Morgan fingerprint density at radius 2 is 1.86 bits per heavy atom. The zero-order chi connectivity index (χ0) is 9.97. The second kappa shape index (κ2) is 4.01. The normalized spacial score (nSPS) is 15.8. The molecule has 0 spiro atoms. The summed E-state index contributed by atoms with van der Waals surface area (Å²) in [6, 6.07) is 8.25. The molecule has 0 atom stereocenters. The largest absolute Gasteiger partial charge is 0.295 e. The molecule has 0 aliphatic heterocycles. The molecule has 0 radical (unpaired) electrons. The number of ketones is 1. The van der Waals surface area contributed by atoms with Gasteiger partial charge in [0.2, 0.25) is 0 Å². The van der Waals surface area contributed by atoms with Gasteiger partial charge in [-0.1, -0.05) is 24.3 Å². The molecular formula is C12H12OS. The van der Waals surface area contributed by atoms with E-state index < -0.39 is 0 Å². The average Bonchev–Trinajstić information content (AvgIpc) is 2.65. The van der Waals surface area contributed by atoms with Gasteiger partial charge in [-0.3, -0.25) is 4.79 Å². The number of rotatable bonds is 2. The lowest BCUT2D eigenvalue weighted by atomic mass is 10.0. The Bertz CT molecular complexity index is 376. The van der Waals surface area contributed by atoms with Crippen molar-refractivity contribution in [2.24, 2.45) is 0 Å². The Hall–Kier alpha value is -1.02. The number of thiol groups is 1. The van der Waals surface area contributed by atoms with Crippen molar-refractivity contribution in [3.05, 3.63) is 41.5 Å². The lowest BCUT2D eigenvalue weighted by molar-refractivity contribution is -0.114. The minimum Gasteiger partial charge on any atom is -0.295 e. The van der Waals surface area contributed by atoms with Gasteiger partial charge in [0.05, 0.1) is 0 Å². The monoisotopic (exact) mass is 204 g/mol. The van der Waals surface area contributed by atoms with Crippen LogP contribution in [-0.2, 0) is 10.5 Å². The van der Waals surface area contributed by atoms with Crippen LogP contribution in [-0.4, -0.2) is 5.78 Å². The maximum Gasteiger partial charge on any atom is 0.156 e. The first kappa shape index (κ1) is 9.53. The molecule has 1 aromatic rings. The lowest BCUT2D eigenvalue weighted by Crippen LogP contribution is -1.82. The van der Waals surface area contributed by atoms with Gasteiger partial charge in [-0.15, -0.1) is 0 Å². The zero-order valence-corrected chi connectivity index (χ0v) is 8.76. The van der Waals surface area contributed by atoms with Crippen LogP contribution in [0.15, 0.2) is 30.3 Å². The summed E-state index contributed by atoms with van der Waals surface area (Å²) < 4.78 is 0. The molecule has 14 heavy (non-hydrogen) atoms. The first-order valence-corrected chi connectivity index (χ1v) is 5.36. The quantitative estimate of drug-likeness (QED) is 0.733. The van der Waals surface area contributed by atoms with E-state index >= 15 is 0 Å². The fraction of sp³-hybridized carbons (Fsp3) is 0.250. The van der Waals surface area contributed by atoms with Crippen LogP contribution in [0.3, 0.4) is 0 Å². The fourth-order valence-corrected chi connectivity index (χ4v) is 1.86. The van der Waals surface area contributed by atoms with Crippen molar-refractivity contribution >= 4 is 24.0 Å². The number of hydrogen-bond donors (Lipinski definition) is 1. The maximum atomic E-state index is 11.1. The predicted octanol–water partition coefficient (Wildman–Crippen LogP) is 2.86. The molecule has 0 saturated heterocycles. The summed E-state index contributed by atoms with van der Waals surface area (Å²) in [5.41, 5.74) is 3.55. The molecule has 72 valence electrons. The molecule has 0 unspecified atom stereocenters. The van der Waals surface area contributed by atoms with Gasteiger partial charge in [0, 0.05) is 12.2 Å². The van der Waals surface area contributed by atoms with Crippen LogP contribution in [0, 0.1) is 0 Å². The highest BCUT2D eigenvalue weighted by Crippen LogP contribution is 2.25. The zero-order valence-electron chi connectivity index (χ0n) is 7.86. The third-order valence-electron chi connectivity index (χ3n) is 2.48. The Morgan fingerprint density at radius 3 is 2.36 bits per heavy atom. The number of hydrogen-bond acceptors (Lipinski definition) is 2. The van der Waals surface area contributed by atoms with Gasteiger partial charge in [0.15, 0.2) is 5.78 Å². The summed E-state index contributed by atoms with van der Waals surface area (Å²) in [7, 11) is 0. The fourth-order valence-electron chi connectivity index (χ4n) is 1.65. The Morgan fingerprint density at radius 1 is 1.14 bits per heavy atom. The average molecular weight is 204 g/mol. The van der Waals surface area contributed by atoms with Crippen LogP contribution in [0.5, 0.6) is 0 Å². The summed E-state index contributed by atoms with van der Waals surface area (Å²) in [5, 5.41) is 0. The van der Waals surface area contributed by atoms with E-state index in [4.69, 9.17) is 0 Å². The highest BCUT2D eigenvalue weighted by molar-refractivity contribution is 7.79. The molecular weight excluding hydrogens is 192 g/mol. The number of allylic oxidation sites excluding steroid dienone is 2.